The van der Waals surface area contributed by atoms with E-state index in [0.29, 0.717) is 49.5 Å². The topological polar surface area (TPSA) is 71.7 Å². The first-order valence-corrected chi connectivity index (χ1v) is 11.3. The lowest BCUT2D eigenvalue weighted by atomic mass is 10.0. The van der Waals surface area contributed by atoms with Gasteiger partial charge in [-0.15, -0.1) is 0 Å². The molecule has 33 heavy (non-hydrogen) atoms. The van der Waals surface area contributed by atoms with Crippen LogP contribution in [0.4, 0.5) is 13.2 Å². The van der Waals surface area contributed by atoms with Crippen molar-refractivity contribution in [3.63, 3.8) is 0 Å². The SMILES string of the molecule is CC(C)CCN/C(=C\CCC#N)N1CC(N2CCCC2=O)C(c2ccc(C(F)(F)F)cc2)=N1. The van der Waals surface area contributed by atoms with Crippen molar-refractivity contribution in [1.82, 2.24) is 15.2 Å². The fourth-order valence-corrected chi connectivity index (χ4v) is 4.00. The van der Waals surface area contributed by atoms with E-state index in [9.17, 15) is 18.0 Å². The van der Waals surface area contributed by atoms with Gasteiger partial charge in [0, 0.05) is 25.9 Å². The van der Waals surface area contributed by atoms with Crippen LogP contribution in [0.3, 0.4) is 0 Å². The number of hydrazone groups is 1. The number of hydrogen-bond donors (Lipinski definition) is 1. The first-order valence-electron chi connectivity index (χ1n) is 11.3. The Bertz CT molecular complexity index is 931. The highest BCUT2D eigenvalue weighted by molar-refractivity contribution is 6.07. The maximum absolute atomic E-state index is 13.0. The van der Waals surface area contributed by atoms with Crippen LogP contribution in [0, 0.1) is 17.2 Å². The van der Waals surface area contributed by atoms with E-state index in [0.717, 1.165) is 37.3 Å². The van der Waals surface area contributed by atoms with Crippen LogP contribution in [0.15, 0.2) is 41.3 Å². The summed E-state index contributed by atoms with van der Waals surface area (Å²) in [5, 5.41) is 18.8. The molecule has 0 spiro atoms. The highest BCUT2D eigenvalue weighted by atomic mass is 19.4. The number of unbranched alkanes of at least 4 members (excludes halogenated alkanes) is 1. The molecule has 6 nitrogen and oxygen atoms in total. The van der Waals surface area contributed by atoms with Gasteiger partial charge in [0.15, 0.2) is 0 Å². The molecule has 1 unspecified atom stereocenters. The van der Waals surface area contributed by atoms with Gasteiger partial charge in [-0.2, -0.15) is 23.5 Å². The van der Waals surface area contributed by atoms with E-state index in [1.165, 1.54) is 12.1 Å². The van der Waals surface area contributed by atoms with Crippen molar-refractivity contribution < 1.29 is 18.0 Å². The normalized spacial score (nSPS) is 19.3. The monoisotopic (exact) mass is 461 g/mol. The molecule has 1 amide bonds. The number of nitriles is 1. The Kier molecular flexibility index (Phi) is 8.01. The quantitative estimate of drug-likeness (QED) is 0.550. The zero-order chi connectivity index (χ0) is 24.0. The van der Waals surface area contributed by atoms with E-state index >= 15 is 0 Å². The van der Waals surface area contributed by atoms with Crippen molar-refractivity contribution in [3.8, 4) is 6.07 Å². The number of carbonyl (C=O) groups is 1. The second-order valence-electron chi connectivity index (χ2n) is 8.74. The van der Waals surface area contributed by atoms with Crippen molar-refractivity contribution in [2.75, 3.05) is 19.6 Å². The Balaban J connectivity index is 1.91. The van der Waals surface area contributed by atoms with Crippen LogP contribution < -0.4 is 5.32 Å². The lowest BCUT2D eigenvalue weighted by Crippen LogP contribution is -2.44. The Morgan fingerprint density at radius 1 is 1.33 bits per heavy atom. The van der Waals surface area contributed by atoms with Gasteiger partial charge in [-0.1, -0.05) is 26.0 Å². The average molecular weight is 462 g/mol. The molecule has 0 aromatic heterocycles. The number of rotatable bonds is 9. The lowest BCUT2D eigenvalue weighted by Gasteiger charge is -2.26. The minimum absolute atomic E-state index is 0.0317. The first-order chi connectivity index (χ1) is 15.7. The lowest BCUT2D eigenvalue weighted by molar-refractivity contribution is -0.137. The number of hydrogen-bond acceptors (Lipinski definition) is 5. The van der Waals surface area contributed by atoms with E-state index in [4.69, 9.17) is 10.4 Å². The molecular weight excluding hydrogens is 431 g/mol. The number of halogens is 3. The molecule has 178 valence electrons. The highest BCUT2D eigenvalue weighted by Gasteiger charge is 2.38. The molecule has 1 aromatic rings. The predicted molar refractivity (Wildman–Crippen MR) is 120 cm³/mol. The Morgan fingerprint density at radius 2 is 2.06 bits per heavy atom. The molecule has 2 aliphatic heterocycles. The number of alkyl halides is 3. The zero-order valence-electron chi connectivity index (χ0n) is 19.0. The molecule has 1 aromatic carbocycles. The van der Waals surface area contributed by atoms with Crippen LogP contribution in [-0.2, 0) is 11.0 Å². The second-order valence-corrected chi connectivity index (χ2v) is 8.74. The summed E-state index contributed by atoms with van der Waals surface area (Å²) in [4.78, 5) is 14.3. The number of nitrogens with zero attached hydrogens (tertiary/aromatic N) is 4. The van der Waals surface area contributed by atoms with Gasteiger partial charge in [0.1, 0.15) is 5.82 Å². The van der Waals surface area contributed by atoms with Gasteiger partial charge in [-0.25, -0.2) is 5.01 Å². The summed E-state index contributed by atoms with van der Waals surface area (Å²) in [5.74, 6) is 1.30. The summed E-state index contributed by atoms with van der Waals surface area (Å²) in [6.07, 6.45) is 0.603. The third-order valence-corrected chi connectivity index (χ3v) is 5.78. The molecule has 0 bridgehead atoms. The summed E-state index contributed by atoms with van der Waals surface area (Å²) in [6.45, 7) is 6.00. The van der Waals surface area contributed by atoms with E-state index in [1.54, 1.807) is 9.91 Å². The number of nitrogens with one attached hydrogen (secondary N) is 1. The molecule has 0 saturated carbocycles. The van der Waals surface area contributed by atoms with Crippen molar-refractivity contribution in [2.45, 2.75) is 58.2 Å². The van der Waals surface area contributed by atoms with E-state index in [2.05, 4.69) is 25.2 Å². The number of allylic oxidation sites excluding steroid dienone is 1. The fourth-order valence-electron chi connectivity index (χ4n) is 4.00. The van der Waals surface area contributed by atoms with E-state index < -0.39 is 11.7 Å². The Morgan fingerprint density at radius 3 is 2.64 bits per heavy atom. The molecule has 1 saturated heterocycles. The molecule has 1 fully saturated rings. The van der Waals surface area contributed by atoms with Crippen LogP contribution in [0.25, 0.3) is 0 Å². The minimum Gasteiger partial charge on any atom is -0.371 e. The second kappa shape index (κ2) is 10.7. The molecular formula is C24H30F3N5O. The molecule has 1 N–H and O–H groups in total. The summed E-state index contributed by atoms with van der Waals surface area (Å²) in [5.41, 5.74) is 0.424. The molecule has 9 heteroatoms. The molecule has 2 heterocycles. The van der Waals surface area contributed by atoms with Gasteiger partial charge in [0.05, 0.1) is 29.9 Å². The van der Waals surface area contributed by atoms with Crippen LogP contribution in [0.1, 0.15) is 57.1 Å². The predicted octanol–water partition coefficient (Wildman–Crippen LogP) is 4.50. The van der Waals surface area contributed by atoms with Crippen molar-refractivity contribution in [1.29, 1.82) is 5.26 Å². The maximum atomic E-state index is 13.0. The third-order valence-electron chi connectivity index (χ3n) is 5.78. The van der Waals surface area contributed by atoms with Gasteiger partial charge in [-0.05, 0) is 49.0 Å². The van der Waals surface area contributed by atoms with Crippen LogP contribution in [0.5, 0.6) is 0 Å². The largest absolute Gasteiger partial charge is 0.416 e. The van der Waals surface area contributed by atoms with Gasteiger partial charge >= 0.3 is 6.18 Å². The molecule has 3 rings (SSSR count). The first kappa shape index (κ1) is 24.6. The highest BCUT2D eigenvalue weighted by Crippen LogP contribution is 2.31. The number of likely N-dealkylation sites (tertiary alicyclic amines) is 1. The third kappa shape index (κ3) is 6.28. The van der Waals surface area contributed by atoms with E-state index in [-0.39, 0.29) is 11.9 Å². The average Bonchev–Trinajstić information content (AvgIpc) is 3.38. The molecule has 1 atom stereocenters. The standard InChI is InChI=1S/C24H30F3N5O/c1-17(2)12-14-29-21(6-3-4-13-28)32-16-20(31-15-5-7-22(31)33)23(30-32)18-8-10-19(11-9-18)24(25,26)27/h6,8-11,17,20,29H,3-5,7,12,14-16H2,1-2H3/b21-6+. The van der Waals surface area contributed by atoms with Gasteiger partial charge in [-0.3, -0.25) is 4.79 Å². The maximum Gasteiger partial charge on any atom is 0.416 e. The zero-order valence-corrected chi connectivity index (χ0v) is 19.0. The van der Waals surface area contributed by atoms with Crippen LogP contribution in [-0.4, -0.2) is 47.2 Å². The smallest absolute Gasteiger partial charge is 0.371 e. The summed E-state index contributed by atoms with van der Waals surface area (Å²) >= 11 is 0. The summed E-state index contributed by atoms with van der Waals surface area (Å²) in [7, 11) is 0. The van der Waals surface area contributed by atoms with Crippen molar-refractivity contribution in [3.05, 3.63) is 47.3 Å². The fraction of sp³-hybridized carbons (Fsp3) is 0.542. The van der Waals surface area contributed by atoms with Crippen LogP contribution in [0.2, 0.25) is 0 Å². The van der Waals surface area contributed by atoms with Crippen molar-refractivity contribution >= 4 is 11.6 Å². The summed E-state index contributed by atoms with van der Waals surface area (Å²) < 4.78 is 39.1. The van der Waals surface area contributed by atoms with E-state index in [1.807, 2.05) is 6.08 Å². The summed E-state index contributed by atoms with van der Waals surface area (Å²) in [6, 6.07) is 6.72. The van der Waals surface area contributed by atoms with Gasteiger partial charge in [0.25, 0.3) is 0 Å². The number of amides is 1. The molecule has 0 radical (unpaired) electrons. The Labute approximate surface area is 192 Å². The minimum atomic E-state index is -4.41. The van der Waals surface area contributed by atoms with Crippen molar-refractivity contribution in [2.24, 2.45) is 11.0 Å². The molecule has 2 aliphatic rings. The Hall–Kier alpha value is -3.02. The van der Waals surface area contributed by atoms with Crippen LogP contribution >= 0.6 is 0 Å². The van der Waals surface area contributed by atoms with Gasteiger partial charge < -0.3 is 10.2 Å². The van der Waals surface area contributed by atoms with Gasteiger partial charge in [0.2, 0.25) is 5.91 Å². The number of carbonyl (C=O) groups excluding carboxylic acids is 1. The molecule has 0 aliphatic carbocycles. The number of benzene rings is 1.